The number of hydroxylamine groups is 1. The Morgan fingerprint density at radius 3 is 2.75 bits per heavy atom. The predicted molar refractivity (Wildman–Crippen MR) is 144 cm³/mol. The molecular weight excluding hydrogens is 520 g/mol. The molecule has 0 spiro atoms. The number of hydrogen-bond donors (Lipinski definition) is 3. The Hall–Kier alpha value is -2.05. The zero-order valence-electron chi connectivity index (χ0n) is 24.0. The molecule has 3 saturated carbocycles. The van der Waals surface area contributed by atoms with E-state index in [0.717, 1.165) is 12.8 Å². The van der Waals surface area contributed by atoms with Crippen LogP contribution in [-0.4, -0.2) is 61.5 Å². The number of fused-ring (bicyclic) bond motifs is 1. The maximum Gasteiger partial charge on any atom is 0.494 e. The van der Waals surface area contributed by atoms with Gasteiger partial charge >= 0.3 is 13.1 Å². The first-order valence-corrected chi connectivity index (χ1v) is 14.3. The first-order valence-electron chi connectivity index (χ1n) is 14.3. The third-order valence-corrected chi connectivity index (χ3v) is 11.0. The quantitative estimate of drug-likeness (QED) is 0.261. The molecule has 11 heteroatoms. The number of carbonyl (C=O) groups is 2. The molecule has 0 unspecified atom stereocenters. The fourth-order valence-electron chi connectivity index (χ4n) is 8.47. The molecule has 9 nitrogen and oxygen atoms in total. The summed E-state index contributed by atoms with van der Waals surface area (Å²) in [5.41, 5.74) is 1.65. The summed E-state index contributed by atoms with van der Waals surface area (Å²) < 4.78 is 31.8. The zero-order chi connectivity index (χ0) is 29.0. The van der Waals surface area contributed by atoms with Crippen LogP contribution in [0.25, 0.3) is 0 Å². The normalized spacial score (nSPS) is 38.9. The van der Waals surface area contributed by atoms with Crippen molar-refractivity contribution in [2.45, 2.75) is 78.6 Å². The molecule has 4 aliphatic rings. The van der Waals surface area contributed by atoms with E-state index in [1.165, 1.54) is 13.2 Å². The number of ketones is 1. The number of Topliss-reactive ketones (excluding diaryl/α,β-unsaturated/α-hetero) is 1. The van der Waals surface area contributed by atoms with Gasteiger partial charge in [-0.2, -0.15) is 0 Å². The van der Waals surface area contributed by atoms with Gasteiger partial charge in [0.15, 0.2) is 18.2 Å². The molecule has 2 bridgehead atoms. The highest BCUT2D eigenvalue weighted by molar-refractivity contribution is 6.61. The van der Waals surface area contributed by atoms with Crippen LogP contribution in [0.5, 0.6) is 5.75 Å². The largest absolute Gasteiger partial charge is 0.494 e. The third-order valence-electron chi connectivity index (χ3n) is 11.0. The monoisotopic (exact) mass is 561 g/mol. The average molecular weight is 561 g/mol. The van der Waals surface area contributed by atoms with Crippen LogP contribution in [0, 0.1) is 39.8 Å². The molecular formula is C29H41BFNO8. The SMILES string of the molecule is CONC[C@]1(C)C[C@@H](OC(=O)COc2ccc3c(c2F)B(O)OC3)[C@@]2(C)[C@@H]3C(=O)CC[C@@]3(CC[C@@H]2C)[C@@H](C)[C@@H]1O. The summed E-state index contributed by atoms with van der Waals surface area (Å²) in [6.07, 6.45) is 1.70. The number of rotatable bonds is 7. The topological polar surface area (TPSA) is 124 Å². The average Bonchev–Trinajstić information content (AvgIpc) is 3.48. The van der Waals surface area contributed by atoms with E-state index in [-0.39, 0.29) is 46.8 Å². The summed E-state index contributed by atoms with van der Waals surface area (Å²) in [5, 5.41) is 21.7. The fraction of sp³-hybridized carbons (Fsp3) is 0.724. The molecule has 5 rings (SSSR count). The number of aliphatic hydroxyl groups excluding tert-OH is 1. The highest BCUT2D eigenvalue weighted by Gasteiger charge is 2.68. The molecule has 40 heavy (non-hydrogen) atoms. The summed E-state index contributed by atoms with van der Waals surface area (Å²) >= 11 is 0. The van der Waals surface area contributed by atoms with Gasteiger partial charge in [0.05, 0.1) is 19.8 Å². The van der Waals surface area contributed by atoms with Crippen LogP contribution in [-0.2, 0) is 30.4 Å². The van der Waals surface area contributed by atoms with E-state index in [2.05, 4.69) is 26.3 Å². The highest BCUT2D eigenvalue weighted by atomic mass is 19.1. The lowest BCUT2D eigenvalue weighted by Crippen LogP contribution is -2.64. The maximum absolute atomic E-state index is 15.0. The summed E-state index contributed by atoms with van der Waals surface area (Å²) in [5.74, 6) is -1.87. The zero-order valence-corrected chi connectivity index (χ0v) is 24.0. The molecule has 0 radical (unpaired) electrons. The fourth-order valence-corrected chi connectivity index (χ4v) is 8.47. The lowest BCUT2D eigenvalue weighted by molar-refractivity contribution is -0.214. The summed E-state index contributed by atoms with van der Waals surface area (Å²) in [6, 6.07) is 3.00. The minimum absolute atomic E-state index is 0.00929. The summed E-state index contributed by atoms with van der Waals surface area (Å²) in [7, 11) is 0.132. The molecule has 1 aromatic rings. The van der Waals surface area contributed by atoms with Gasteiger partial charge in [-0.1, -0.05) is 33.8 Å². The molecule has 1 aromatic carbocycles. The molecule has 3 aliphatic carbocycles. The minimum atomic E-state index is -1.38. The predicted octanol–water partition coefficient (Wildman–Crippen LogP) is 2.29. The second kappa shape index (κ2) is 10.7. The molecule has 1 heterocycles. The summed E-state index contributed by atoms with van der Waals surface area (Å²) in [6.45, 7) is 8.07. The van der Waals surface area contributed by atoms with Crippen molar-refractivity contribution < 1.29 is 43.1 Å². The van der Waals surface area contributed by atoms with Gasteiger partial charge in [-0.3, -0.25) is 4.79 Å². The number of aliphatic hydroxyl groups is 1. The number of carbonyl (C=O) groups excluding carboxylic acids is 2. The number of hydrogen-bond acceptors (Lipinski definition) is 9. The van der Waals surface area contributed by atoms with Crippen molar-refractivity contribution >= 4 is 24.3 Å². The lowest BCUT2D eigenvalue weighted by atomic mass is 9.44. The number of halogens is 1. The molecule has 0 amide bonds. The van der Waals surface area contributed by atoms with Crippen LogP contribution >= 0.6 is 0 Å². The van der Waals surface area contributed by atoms with Crippen molar-refractivity contribution in [3.63, 3.8) is 0 Å². The van der Waals surface area contributed by atoms with E-state index in [4.69, 9.17) is 19.0 Å². The van der Waals surface area contributed by atoms with Gasteiger partial charge in [-0.05, 0) is 54.6 Å². The highest BCUT2D eigenvalue weighted by Crippen LogP contribution is 2.67. The Labute approximate surface area is 235 Å². The van der Waals surface area contributed by atoms with E-state index in [9.17, 15) is 24.1 Å². The molecule has 3 N–H and O–H groups in total. The third kappa shape index (κ3) is 4.49. The van der Waals surface area contributed by atoms with Crippen molar-refractivity contribution in [3.8, 4) is 5.75 Å². The van der Waals surface area contributed by atoms with Gasteiger partial charge in [-0.15, -0.1) is 0 Å². The van der Waals surface area contributed by atoms with Crippen molar-refractivity contribution in [1.82, 2.24) is 5.48 Å². The van der Waals surface area contributed by atoms with Gasteiger partial charge in [-0.25, -0.2) is 14.7 Å². The Morgan fingerprint density at radius 2 is 2.02 bits per heavy atom. The Kier molecular flexibility index (Phi) is 7.85. The first-order chi connectivity index (χ1) is 18.9. The van der Waals surface area contributed by atoms with Crippen LogP contribution in [0.2, 0.25) is 0 Å². The molecule has 0 aromatic heterocycles. The molecule has 3 fully saturated rings. The lowest BCUT2D eigenvalue weighted by Gasteiger charge is -2.62. The van der Waals surface area contributed by atoms with E-state index in [1.807, 2.05) is 6.92 Å². The van der Waals surface area contributed by atoms with Crippen molar-refractivity contribution in [2.24, 2.45) is 34.0 Å². The van der Waals surface area contributed by atoms with Crippen LogP contribution in [0.15, 0.2) is 12.1 Å². The Morgan fingerprint density at radius 1 is 1.27 bits per heavy atom. The molecule has 8 atom stereocenters. The van der Waals surface area contributed by atoms with Gasteiger partial charge in [0.1, 0.15) is 11.9 Å². The molecule has 220 valence electrons. The van der Waals surface area contributed by atoms with Crippen molar-refractivity contribution in [2.75, 3.05) is 20.3 Å². The number of benzene rings is 1. The standard InChI is InChI=1S/C29H41BFNO8/c1-16-8-10-29-11-9-19(33)25(29)28(16,4)21(12-27(3,15-32-37-5)26(35)17(29)2)40-22(34)14-38-20-7-6-18-13-39-30(36)23(18)24(20)31/h6-7,16-17,21,25-26,32,35-36H,8-15H2,1-5H3/t16-,17-,21+,25-,26-,27-,28-,29-/m0/s1. The van der Waals surface area contributed by atoms with Crippen molar-refractivity contribution in [3.05, 3.63) is 23.5 Å². The smallest absolute Gasteiger partial charge is 0.479 e. The summed E-state index contributed by atoms with van der Waals surface area (Å²) in [4.78, 5) is 32.0. The number of nitrogens with one attached hydrogen (secondary N) is 1. The second-order valence-corrected chi connectivity index (χ2v) is 12.9. The van der Waals surface area contributed by atoms with Gasteiger partial charge in [0, 0.05) is 35.2 Å². The maximum atomic E-state index is 15.0. The van der Waals surface area contributed by atoms with Gasteiger partial charge in [0.25, 0.3) is 0 Å². The van der Waals surface area contributed by atoms with Crippen LogP contribution < -0.4 is 15.7 Å². The number of ether oxygens (including phenoxy) is 2. The van der Waals surface area contributed by atoms with Gasteiger partial charge in [0.2, 0.25) is 0 Å². The van der Waals surface area contributed by atoms with Crippen molar-refractivity contribution in [1.29, 1.82) is 0 Å². The minimum Gasteiger partial charge on any atom is -0.479 e. The van der Waals surface area contributed by atoms with Gasteiger partial charge < -0.3 is 29.1 Å². The van der Waals surface area contributed by atoms with E-state index in [1.54, 1.807) is 6.07 Å². The molecule has 1 aliphatic heterocycles. The van der Waals surface area contributed by atoms with Crippen LogP contribution in [0.1, 0.15) is 65.4 Å². The van der Waals surface area contributed by atoms with E-state index >= 15 is 0 Å². The van der Waals surface area contributed by atoms with Crippen LogP contribution in [0.4, 0.5) is 4.39 Å². The Bertz CT molecular complexity index is 1170. The van der Waals surface area contributed by atoms with Crippen LogP contribution in [0.3, 0.4) is 0 Å². The Balaban J connectivity index is 1.45. The second-order valence-electron chi connectivity index (χ2n) is 12.9. The molecule has 0 saturated heterocycles. The van der Waals surface area contributed by atoms with E-state index < -0.39 is 48.5 Å². The first kappa shape index (κ1) is 29.4. The van der Waals surface area contributed by atoms with E-state index in [0.29, 0.717) is 31.4 Å². The number of esters is 1.